The van der Waals surface area contributed by atoms with Gasteiger partial charge < -0.3 is 89.5 Å². The highest BCUT2D eigenvalue weighted by atomic mass is 31.2. The molecule has 3 aliphatic rings. The number of phosphoric acid groups is 1. The van der Waals surface area contributed by atoms with Crippen LogP contribution >= 0.6 is 7.82 Å². The van der Waals surface area contributed by atoms with Crippen LogP contribution in [0.4, 0.5) is 0 Å². The second-order valence-corrected chi connectivity index (χ2v) is 22.6. The van der Waals surface area contributed by atoms with Crippen molar-refractivity contribution in [3.8, 4) is 0 Å². The minimum Gasteiger partial charge on any atom is -0.463 e. The fraction of sp³-hybridized carbons (Fsp3) is 0.981. The molecule has 0 radical (unpaired) electrons. The maximum absolute atomic E-state index is 14.0. The Morgan fingerprint density at radius 3 is 1.20 bits per heavy atom. The summed E-state index contributed by atoms with van der Waals surface area (Å²) in [4.78, 5) is 24.3. The first-order chi connectivity index (χ1) is 36.5. The predicted octanol–water partition coefficient (Wildman–Crippen LogP) is 3.85. The van der Waals surface area contributed by atoms with Crippen LogP contribution in [0.15, 0.2) is 0 Å². The van der Waals surface area contributed by atoms with Gasteiger partial charge in [-0.2, -0.15) is 0 Å². The lowest BCUT2D eigenvalue weighted by molar-refractivity contribution is -0.360. The third-order valence-electron chi connectivity index (χ3n) is 14.7. The summed E-state index contributed by atoms with van der Waals surface area (Å²) < 4.78 is 58.9. The molecule has 0 aromatic rings. The zero-order chi connectivity index (χ0) is 55.9. The molecular weight excluding hydrogens is 1020 g/mol. The smallest absolute Gasteiger partial charge is 0.463 e. The molecule has 12 N–H and O–H groups in total. The van der Waals surface area contributed by atoms with Gasteiger partial charge in [0.05, 0.1) is 19.8 Å². The largest absolute Gasteiger partial charge is 0.472 e. The van der Waals surface area contributed by atoms with Crippen LogP contribution in [0.5, 0.6) is 0 Å². The molecule has 2 heterocycles. The zero-order valence-electron chi connectivity index (χ0n) is 45.5. The summed E-state index contributed by atoms with van der Waals surface area (Å²) in [6.45, 7) is 1.73. The molecule has 450 valence electrons. The van der Waals surface area contributed by atoms with Gasteiger partial charge >= 0.3 is 13.8 Å². The van der Waals surface area contributed by atoms with Crippen LogP contribution in [0.3, 0.4) is 0 Å². The number of unbranched alkanes of at least 4 members (excludes halogenated alkanes) is 25. The number of aliphatic hydroxyl groups is 11. The van der Waals surface area contributed by atoms with Crippen LogP contribution in [0.1, 0.15) is 194 Å². The van der Waals surface area contributed by atoms with E-state index < -0.39 is 138 Å². The molecule has 23 heteroatoms. The topological polar surface area (TPSA) is 351 Å². The zero-order valence-corrected chi connectivity index (χ0v) is 46.4. The SMILES string of the molecule is CCCCCCCCCCCCCCCCO[C@H](COC(=O)CCCCCCCCCCCCCCC)COP(=O)(O)O[C@@H]1C(O[C@@H]2OC(CO)[C@@H](O)[C@H](O)C2O)C(O)[C@@H](O)[C@H](O)C1O[C@H]1OC(CO)[C@@H](O)C(O)[C@H]1O. The minimum absolute atomic E-state index is 0.149. The third kappa shape index (κ3) is 25.0. The van der Waals surface area contributed by atoms with E-state index in [1.807, 2.05) is 0 Å². The van der Waals surface area contributed by atoms with Crippen LogP contribution in [0, 0.1) is 0 Å². The highest BCUT2D eigenvalue weighted by Crippen LogP contribution is 2.49. The first kappa shape index (κ1) is 69.2. The summed E-state index contributed by atoms with van der Waals surface area (Å²) >= 11 is 0. The first-order valence-corrected chi connectivity index (χ1v) is 30.4. The molecule has 3 rings (SSSR count). The van der Waals surface area contributed by atoms with Crippen molar-refractivity contribution >= 4 is 13.8 Å². The van der Waals surface area contributed by atoms with Gasteiger partial charge in [0, 0.05) is 13.0 Å². The van der Waals surface area contributed by atoms with Crippen molar-refractivity contribution in [3.63, 3.8) is 0 Å². The number of esters is 1. The van der Waals surface area contributed by atoms with Crippen molar-refractivity contribution in [2.75, 3.05) is 33.0 Å². The van der Waals surface area contributed by atoms with Gasteiger partial charge in [0.1, 0.15) is 98.2 Å². The van der Waals surface area contributed by atoms with Crippen molar-refractivity contribution in [2.24, 2.45) is 0 Å². The van der Waals surface area contributed by atoms with E-state index in [4.69, 9.17) is 37.5 Å². The maximum Gasteiger partial charge on any atom is 0.472 e. The monoisotopic (exact) mass is 1120 g/mol. The van der Waals surface area contributed by atoms with Gasteiger partial charge in [-0.3, -0.25) is 13.8 Å². The molecule has 2 aliphatic heterocycles. The molecule has 22 nitrogen and oxygen atoms in total. The third-order valence-corrected chi connectivity index (χ3v) is 15.7. The lowest BCUT2D eigenvalue weighted by Crippen LogP contribution is -2.69. The van der Waals surface area contributed by atoms with Crippen molar-refractivity contribution in [1.29, 1.82) is 0 Å². The summed E-state index contributed by atoms with van der Waals surface area (Å²) in [5.41, 5.74) is 0. The van der Waals surface area contributed by atoms with Gasteiger partial charge in [-0.05, 0) is 12.8 Å². The van der Waals surface area contributed by atoms with E-state index >= 15 is 0 Å². The minimum atomic E-state index is -5.50. The molecule has 2 saturated heterocycles. The van der Waals surface area contributed by atoms with Gasteiger partial charge in [0.15, 0.2) is 12.6 Å². The Labute approximate surface area is 451 Å². The average molecular weight is 1120 g/mol. The van der Waals surface area contributed by atoms with E-state index in [1.165, 1.54) is 109 Å². The van der Waals surface area contributed by atoms with Crippen molar-refractivity contribution in [1.82, 2.24) is 0 Å². The number of carbonyl (C=O) groups is 1. The van der Waals surface area contributed by atoms with E-state index in [1.54, 1.807) is 0 Å². The van der Waals surface area contributed by atoms with Crippen molar-refractivity contribution in [3.05, 3.63) is 0 Å². The Bertz CT molecular complexity index is 1470. The highest BCUT2D eigenvalue weighted by Gasteiger charge is 2.58. The molecule has 1 aliphatic carbocycles. The Hall–Kier alpha value is -1.06. The predicted molar refractivity (Wildman–Crippen MR) is 277 cm³/mol. The summed E-state index contributed by atoms with van der Waals surface area (Å²) in [5.74, 6) is -0.498. The highest BCUT2D eigenvalue weighted by molar-refractivity contribution is 7.47. The summed E-state index contributed by atoms with van der Waals surface area (Å²) in [6.07, 6.45) is -2.73. The number of carbonyl (C=O) groups excluding carboxylic acids is 1. The summed E-state index contributed by atoms with van der Waals surface area (Å²) in [6, 6.07) is 0. The Morgan fingerprint density at radius 2 is 0.816 bits per heavy atom. The molecule has 0 aromatic heterocycles. The molecule has 76 heavy (non-hydrogen) atoms. The number of hydrogen-bond acceptors (Lipinski definition) is 21. The molecule has 0 amide bonds. The van der Waals surface area contributed by atoms with Crippen LogP contribution < -0.4 is 0 Å². The number of hydrogen-bond donors (Lipinski definition) is 12. The van der Waals surface area contributed by atoms with Crippen molar-refractivity contribution in [2.45, 2.75) is 298 Å². The number of ether oxygens (including phenoxy) is 6. The molecule has 3 fully saturated rings. The Kier molecular flexibility index (Phi) is 35.9. The quantitative estimate of drug-likeness (QED) is 0.0234. The Morgan fingerprint density at radius 1 is 0.461 bits per heavy atom. The number of aliphatic hydroxyl groups excluding tert-OH is 11. The van der Waals surface area contributed by atoms with Crippen LogP contribution in [-0.4, -0.2) is 204 Å². The molecule has 1 saturated carbocycles. The van der Waals surface area contributed by atoms with E-state index in [2.05, 4.69) is 13.8 Å². The second-order valence-electron chi connectivity index (χ2n) is 21.2. The molecule has 0 spiro atoms. The second kappa shape index (κ2) is 39.4. The van der Waals surface area contributed by atoms with Crippen LogP contribution in [0.25, 0.3) is 0 Å². The molecule has 18 atom stereocenters. The van der Waals surface area contributed by atoms with Crippen LogP contribution in [0.2, 0.25) is 0 Å². The van der Waals surface area contributed by atoms with Gasteiger partial charge in [-0.25, -0.2) is 4.57 Å². The fourth-order valence-corrected chi connectivity index (χ4v) is 10.8. The van der Waals surface area contributed by atoms with Gasteiger partial charge in [0.25, 0.3) is 0 Å². The van der Waals surface area contributed by atoms with Gasteiger partial charge in [0.2, 0.25) is 0 Å². The molecule has 0 aromatic carbocycles. The first-order valence-electron chi connectivity index (χ1n) is 28.9. The van der Waals surface area contributed by atoms with Gasteiger partial charge in [-0.1, -0.05) is 174 Å². The Balaban J connectivity index is 1.69. The summed E-state index contributed by atoms with van der Waals surface area (Å²) in [5, 5.41) is 117. The average Bonchev–Trinajstić information content (AvgIpc) is 3.40. The molecule has 0 bridgehead atoms. The van der Waals surface area contributed by atoms with Crippen LogP contribution in [-0.2, 0) is 46.8 Å². The van der Waals surface area contributed by atoms with Crippen molar-refractivity contribution < 1.29 is 108 Å². The van der Waals surface area contributed by atoms with E-state index in [9.17, 15) is 70.4 Å². The lowest BCUT2D eigenvalue weighted by Gasteiger charge is -2.49. The molecule has 8 unspecified atom stereocenters. The molecular formula is C53H101O22P. The normalized spacial score (nSPS) is 32.3. The number of rotatable bonds is 43. The summed E-state index contributed by atoms with van der Waals surface area (Å²) in [7, 11) is -5.50. The van der Waals surface area contributed by atoms with E-state index in [0.29, 0.717) is 12.8 Å². The maximum atomic E-state index is 14.0. The standard InChI is InChI=1S/C53H101O22P/c1-3-5-7-9-11-13-15-17-19-21-23-25-27-29-31-68-36(34-69-39(56)30-28-26-24-22-20-18-16-14-12-10-8-6-4-2)35-70-76(66,67)75-51-49(73-52-47(64)42(59)40(57)37(32-54)71-52)45(62)44(61)46(63)50(51)74-53-48(65)43(60)41(58)38(33-55)72-53/h36-38,40-55,57-65H,3-35H2,1-2H3,(H,66,67)/t36-,37?,38?,40-,41-,42+,43?,44-,45?,46+,47?,48-,49?,50?,51-,52+,53-/m1/s1. The fourth-order valence-electron chi connectivity index (χ4n) is 9.87. The van der Waals surface area contributed by atoms with E-state index in [0.717, 1.165) is 51.4 Å². The lowest BCUT2D eigenvalue weighted by atomic mass is 9.84. The number of phosphoric ester groups is 1. The van der Waals surface area contributed by atoms with Gasteiger partial charge in [-0.15, -0.1) is 0 Å². The van der Waals surface area contributed by atoms with E-state index in [-0.39, 0.29) is 19.6 Å².